The van der Waals surface area contributed by atoms with Crippen LogP contribution in [-0.4, -0.2) is 12.6 Å². The van der Waals surface area contributed by atoms with Crippen molar-refractivity contribution < 1.29 is 9.53 Å². The molecule has 0 aliphatic rings. The van der Waals surface area contributed by atoms with E-state index in [2.05, 4.69) is 5.32 Å². The molecule has 2 aromatic carbocycles. The number of ether oxygens (including phenoxy) is 1. The Morgan fingerprint density at radius 3 is 2.42 bits per heavy atom. The van der Waals surface area contributed by atoms with Gasteiger partial charge in [0.05, 0.1) is 12.3 Å². The predicted molar refractivity (Wildman–Crippen MR) is 109 cm³/mol. The minimum atomic E-state index is -0.323. The van der Waals surface area contributed by atoms with Crippen LogP contribution in [0.3, 0.4) is 0 Å². The van der Waals surface area contributed by atoms with Gasteiger partial charge >= 0.3 is 5.97 Å². The van der Waals surface area contributed by atoms with Crippen LogP contribution >= 0.6 is 20.7 Å². The van der Waals surface area contributed by atoms with Crippen molar-refractivity contribution in [2.45, 2.75) is 20.8 Å². The van der Waals surface area contributed by atoms with E-state index in [0.29, 0.717) is 17.2 Å². The van der Waals surface area contributed by atoms with E-state index in [-0.39, 0.29) is 5.97 Å². The largest absolute Gasteiger partial charge is 0.462 e. The summed E-state index contributed by atoms with van der Waals surface area (Å²) in [6, 6.07) is 15.9. The molecular weight excluding hydrogens is 364 g/mol. The summed E-state index contributed by atoms with van der Waals surface area (Å²) in [5, 5.41) is 3.39. The van der Waals surface area contributed by atoms with Gasteiger partial charge in [0.15, 0.2) is 4.67 Å². The molecule has 0 amide bonds. The molecule has 0 aliphatic carbocycles. The Morgan fingerprint density at radius 2 is 1.73 bits per heavy atom. The van der Waals surface area contributed by atoms with Crippen LogP contribution in [0.4, 0.5) is 17.1 Å². The van der Waals surface area contributed by atoms with E-state index in [1.165, 1.54) is 20.7 Å². The zero-order valence-corrected chi connectivity index (χ0v) is 16.5. The highest BCUT2D eigenvalue weighted by atomic mass is 32.9. The Balaban J connectivity index is 2.12. The lowest BCUT2D eigenvalue weighted by Crippen LogP contribution is -2.10. The van der Waals surface area contributed by atoms with Crippen LogP contribution in [0.5, 0.6) is 0 Å². The molecule has 0 saturated heterocycles. The fourth-order valence-electron chi connectivity index (χ4n) is 2.43. The van der Waals surface area contributed by atoms with Gasteiger partial charge in [-0.3, -0.25) is 0 Å². The number of hydrogen-bond acceptors (Lipinski definition) is 6. The summed E-state index contributed by atoms with van der Waals surface area (Å²) < 4.78 is 5.99. The molecular formula is C20H20N2O2S2. The number of para-hydroxylation sites is 2. The summed E-state index contributed by atoms with van der Waals surface area (Å²) in [5.74, 6) is -0.323. The SMILES string of the molecule is CCOC(=O)c1ssc(=Nc2ccccc2C)c1Nc1ccccc1C. The Morgan fingerprint density at radius 1 is 1.04 bits per heavy atom. The molecule has 0 saturated carbocycles. The van der Waals surface area contributed by atoms with Crippen molar-refractivity contribution in [3.63, 3.8) is 0 Å². The first-order chi connectivity index (χ1) is 12.6. The number of carbonyl (C=O) groups excluding carboxylic acids is 1. The normalized spacial score (nSPS) is 11.4. The van der Waals surface area contributed by atoms with Gasteiger partial charge < -0.3 is 10.1 Å². The summed E-state index contributed by atoms with van der Waals surface area (Å²) in [5.41, 5.74) is 4.73. The van der Waals surface area contributed by atoms with Gasteiger partial charge in [-0.05, 0) is 44.0 Å². The lowest BCUT2D eigenvalue weighted by molar-refractivity contribution is 0.0533. The van der Waals surface area contributed by atoms with E-state index < -0.39 is 0 Å². The second-order valence-corrected chi connectivity index (χ2v) is 7.86. The number of anilines is 2. The van der Waals surface area contributed by atoms with Gasteiger partial charge in [-0.1, -0.05) is 57.1 Å². The third kappa shape index (κ3) is 4.03. The summed E-state index contributed by atoms with van der Waals surface area (Å²) in [4.78, 5) is 17.7. The highest BCUT2D eigenvalue weighted by Crippen LogP contribution is 2.28. The number of rotatable bonds is 5. The van der Waals surface area contributed by atoms with Crippen LogP contribution in [0.25, 0.3) is 0 Å². The van der Waals surface area contributed by atoms with Gasteiger partial charge in [-0.25, -0.2) is 9.79 Å². The van der Waals surface area contributed by atoms with Crippen molar-refractivity contribution >= 4 is 43.7 Å². The van der Waals surface area contributed by atoms with Crippen molar-refractivity contribution in [1.82, 2.24) is 0 Å². The number of carbonyl (C=O) groups is 1. The molecule has 6 heteroatoms. The zero-order valence-electron chi connectivity index (χ0n) is 14.9. The Hall–Kier alpha value is -2.44. The fraction of sp³-hybridized carbons (Fsp3) is 0.200. The Kier molecular flexibility index (Phi) is 5.85. The van der Waals surface area contributed by atoms with Crippen LogP contribution in [0.2, 0.25) is 0 Å². The second kappa shape index (κ2) is 8.29. The number of benzene rings is 2. The Labute approximate surface area is 160 Å². The quantitative estimate of drug-likeness (QED) is 0.461. The van der Waals surface area contributed by atoms with Crippen molar-refractivity contribution in [3.05, 3.63) is 69.2 Å². The van der Waals surface area contributed by atoms with Gasteiger partial charge in [0.2, 0.25) is 0 Å². The molecule has 134 valence electrons. The minimum Gasteiger partial charge on any atom is -0.462 e. The fourth-order valence-corrected chi connectivity index (χ4v) is 4.68. The molecule has 1 heterocycles. The molecule has 1 aromatic heterocycles. The molecule has 3 rings (SSSR count). The maximum atomic E-state index is 12.4. The molecule has 0 atom stereocenters. The van der Waals surface area contributed by atoms with E-state index in [0.717, 1.165) is 27.2 Å². The van der Waals surface area contributed by atoms with Gasteiger partial charge in [-0.15, -0.1) is 0 Å². The monoisotopic (exact) mass is 384 g/mol. The third-order valence-corrected chi connectivity index (χ3v) is 6.15. The molecule has 26 heavy (non-hydrogen) atoms. The van der Waals surface area contributed by atoms with E-state index in [1.807, 2.05) is 69.3 Å². The topological polar surface area (TPSA) is 50.7 Å². The van der Waals surface area contributed by atoms with Crippen LogP contribution in [0, 0.1) is 13.8 Å². The highest BCUT2D eigenvalue weighted by Gasteiger charge is 2.19. The van der Waals surface area contributed by atoms with Crippen molar-refractivity contribution in [2.24, 2.45) is 4.99 Å². The number of aryl methyl sites for hydroxylation is 2. The van der Waals surface area contributed by atoms with Crippen molar-refractivity contribution in [2.75, 3.05) is 11.9 Å². The smallest absolute Gasteiger partial charge is 0.351 e. The number of nitrogens with zero attached hydrogens (tertiary/aromatic N) is 1. The van der Waals surface area contributed by atoms with E-state index >= 15 is 0 Å². The number of hydrogen-bond donors (Lipinski definition) is 1. The first-order valence-electron chi connectivity index (χ1n) is 8.33. The summed E-state index contributed by atoms with van der Waals surface area (Å²) in [6.45, 7) is 6.20. The molecule has 4 nitrogen and oxygen atoms in total. The van der Waals surface area contributed by atoms with Crippen molar-refractivity contribution in [1.29, 1.82) is 0 Å². The molecule has 0 fully saturated rings. The number of nitrogens with one attached hydrogen (secondary N) is 1. The lowest BCUT2D eigenvalue weighted by atomic mass is 10.2. The van der Waals surface area contributed by atoms with E-state index in [9.17, 15) is 4.79 Å². The van der Waals surface area contributed by atoms with Crippen molar-refractivity contribution in [3.8, 4) is 0 Å². The standard InChI is InChI=1S/C20H20N2O2S2/c1-4-24-20(23)18-17(21-15-11-7-5-9-13(15)2)19(26-25-18)22-16-12-8-6-10-14(16)3/h5-12,21H,4H2,1-3H3. The predicted octanol–water partition coefficient (Wildman–Crippen LogP) is 5.58. The molecule has 1 N–H and O–H groups in total. The Bertz CT molecular complexity index is 989. The molecule has 0 radical (unpaired) electrons. The van der Waals surface area contributed by atoms with Crippen LogP contribution in [0.15, 0.2) is 53.5 Å². The van der Waals surface area contributed by atoms with Crippen LogP contribution in [-0.2, 0) is 4.74 Å². The summed E-state index contributed by atoms with van der Waals surface area (Å²) >= 11 is 0. The highest BCUT2D eigenvalue weighted by molar-refractivity contribution is 7.69. The molecule has 3 aromatic rings. The number of esters is 1. The van der Waals surface area contributed by atoms with E-state index in [4.69, 9.17) is 9.73 Å². The third-order valence-electron chi connectivity index (χ3n) is 3.85. The van der Waals surface area contributed by atoms with E-state index in [1.54, 1.807) is 0 Å². The minimum absolute atomic E-state index is 0.323. The first-order valence-corrected chi connectivity index (χ1v) is 10.5. The average molecular weight is 385 g/mol. The second-order valence-electron chi connectivity index (χ2n) is 5.73. The summed E-state index contributed by atoms with van der Waals surface area (Å²) in [6.07, 6.45) is 0. The molecule has 0 unspecified atom stereocenters. The maximum Gasteiger partial charge on any atom is 0.351 e. The molecule has 0 spiro atoms. The zero-order chi connectivity index (χ0) is 18.5. The lowest BCUT2D eigenvalue weighted by Gasteiger charge is -2.09. The van der Waals surface area contributed by atoms with Crippen LogP contribution in [0.1, 0.15) is 27.7 Å². The van der Waals surface area contributed by atoms with Crippen LogP contribution < -0.4 is 9.99 Å². The first kappa shape index (κ1) is 18.4. The summed E-state index contributed by atoms with van der Waals surface area (Å²) in [7, 11) is 2.86. The van der Waals surface area contributed by atoms with Gasteiger partial charge in [-0.2, -0.15) is 0 Å². The van der Waals surface area contributed by atoms with Gasteiger partial charge in [0.25, 0.3) is 0 Å². The molecule has 0 aliphatic heterocycles. The maximum absolute atomic E-state index is 12.4. The molecule has 0 bridgehead atoms. The van der Waals surface area contributed by atoms with Gasteiger partial charge in [0.1, 0.15) is 10.6 Å². The average Bonchev–Trinajstić information content (AvgIpc) is 3.02. The van der Waals surface area contributed by atoms with Gasteiger partial charge in [0, 0.05) is 5.69 Å².